The van der Waals surface area contributed by atoms with E-state index < -0.39 is 5.97 Å². The first kappa shape index (κ1) is 10.7. The van der Waals surface area contributed by atoms with Crippen LogP contribution in [0.2, 0.25) is 0 Å². The Kier molecular flexibility index (Phi) is 3.62. The Hall–Kier alpha value is -1.39. The molecule has 1 rings (SSSR count). The van der Waals surface area contributed by atoms with E-state index >= 15 is 0 Å². The number of hydrogen-bond donors (Lipinski definition) is 3. The van der Waals surface area contributed by atoms with Crippen molar-refractivity contribution < 1.29 is 9.90 Å². The number of benzene rings is 1. The average Bonchev–Trinajstić information content (AvgIpc) is 2.17. The van der Waals surface area contributed by atoms with Crippen LogP contribution in [0.4, 0.5) is 0 Å². The van der Waals surface area contributed by atoms with Crippen molar-refractivity contribution >= 4 is 5.97 Å². The SMILES string of the molecule is NC[C@H](N)c1ccc(CC(=O)O)cc1. The van der Waals surface area contributed by atoms with Crippen molar-refractivity contribution in [2.24, 2.45) is 11.5 Å². The third kappa shape index (κ3) is 2.83. The summed E-state index contributed by atoms with van der Waals surface area (Å²) in [6.07, 6.45) is 0.0398. The van der Waals surface area contributed by atoms with Crippen LogP contribution in [-0.4, -0.2) is 17.6 Å². The summed E-state index contributed by atoms with van der Waals surface area (Å²) in [7, 11) is 0. The van der Waals surface area contributed by atoms with E-state index in [1.807, 2.05) is 12.1 Å². The van der Waals surface area contributed by atoms with Gasteiger partial charge in [-0.25, -0.2) is 0 Å². The van der Waals surface area contributed by atoms with Crippen LogP contribution in [0.1, 0.15) is 17.2 Å². The van der Waals surface area contributed by atoms with Crippen LogP contribution >= 0.6 is 0 Å². The van der Waals surface area contributed by atoms with E-state index in [0.717, 1.165) is 11.1 Å². The highest BCUT2D eigenvalue weighted by molar-refractivity contribution is 5.70. The molecule has 1 atom stereocenters. The Bertz CT molecular complexity index is 308. The van der Waals surface area contributed by atoms with Crippen LogP contribution in [0.15, 0.2) is 24.3 Å². The van der Waals surface area contributed by atoms with Crippen LogP contribution in [0.25, 0.3) is 0 Å². The maximum Gasteiger partial charge on any atom is 0.307 e. The van der Waals surface area contributed by atoms with Gasteiger partial charge in [0.25, 0.3) is 0 Å². The third-order valence-electron chi connectivity index (χ3n) is 2.02. The Labute approximate surface area is 82.5 Å². The van der Waals surface area contributed by atoms with Gasteiger partial charge in [-0.1, -0.05) is 24.3 Å². The highest BCUT2D eigenvalue weighted by atomic mass is 16.4. The van der Waals surface area contributed by atoms with Gasteiger partial charge >= 0.3 is 5.97 Å². The molecule has 0 unspecified atom stereocenters. The molecule has 0 bridgehead atoms. The van der Waals surface area contributed by atoms with Gasteiger partial charge in [-0.15, -0.1) is 0 Å². The molecule has 0 saturated carbocycles. The molecule has 0 aliphatic rings. The summed E-state index contributed by atoms with van der Waals surface area (Å²) >= 11 is 0. The molecule has 76 valence electrons. The van der Waals surface area contributed by atoms with Crippen molar-refractivity contribution in [3.63, 3.8) is 0 Å². The topological polar surface area (TPSA) is 89.3 Å². The molecule has 0 radical (unpaired) electrons. The summed E-state index contributed by atoms with van der Waals surface area (Å²) in [5, 5.41) is 8.55. The Balaban J connectivity index is 2.73. The fourth-order valence-electron chi connectivity index (χ4n) is 1.19. The van der Waals surface area contributed by atoms with Crippen LogP contribution in [0.5, 0.6) is 0 Å². The van der Waals surface area contributed by atoms with Crippen LogP contribution in [-0.2, 0) is 11.2 Å². The monoisotopic (exact) mass is 194 g/mol. The number of carbonyl (C=O) groups is 1. The van der Waals surface area contributed by atoms with E-state index in [1.165, 1.54) is 0 Å². The van der Waals surface area contributed by atoms with E-state index in [9.17, 15) is 4.79 Å². The first-order chi connectivity index (χ1) is 6.63. The van der Waals surface area contributed by atoms with Crippen LogP contribution < -0.4 is 11.5 Å². The maximum atomic E-state index is 10.4. The molecular weight excluding hydrogens is 180 g/mol. The molecule has 1 aromatic carbocycles. The largest absolute Gasteiger partial charge is 0.481 e. The summed E-state index contributed by atoms with van der Waals surface area (Å²) in [6, 6.07) is 6.98. The first-order valence-electron chi connectivity index (χ1n) is 4.39. The van der Waals surface area contributed by atoms with Crippen molar-refractivity contribution in [2.45, 2.75) is 12.5 Å². The normalized spacial score (nSPS) is 12.4. The highest BCUT2D eigenvalue weighted by Crippen LogP contribution is 2.10. The lowest BCUT2D eigenvalue weighted by Crippen LogP contribution is -2.20. The molecule has 0 aromatic heterocycles. The second-order valence-electron chi connectivity index (χ2n) is 3.15. The fourth-order valence-corrected chi connectivity index (χ4v) is 1.19. The summed E-state index contributed by atoms with van der Waals surface area (Å²) in [5.74, 6) is -0.833. The molecule has 0 aliphatic heterocycles. The van der Waals surface area contributed by atoms with Gasteiger partial charge in [-0.2, -0.15) is 0 Å². The molecule has 0 aliphatic carbocycles. The Morgan fingerprint density at radius 1 is 1.36 bits per heavy atom. The third-order valence-corrected chi connectivity index (χ3v) is 2.02. The zero-order valence-electron chi connectivity index (χ0n) is 7.81. The minimum Gasteiger partial charge on any atom is -0.481 e. The molecule has 0 spiro atoms. The number of carboxylic acids is 1. The van der Waals surface area contributed by atoms with E-state index in [1.54, 1.807) is 12.1 Å². The van der Waals surface area contributed by atoms with Gasteiger partial charge in [0.2, 0.25) is 0 Å². The molecule has 4 nitrogen and oxygen atoms in total. The van der Waals surface area contributed by atoms with Gasteiger partial charge in [0, 0.05) is 12.6 Å². The lowest BCUT2D eigenvalue weighted by atomic mass is 10.0. The summed E-state index contributed by atoms with van der Waals surface area (Å²) in [4.78, 5) is 10.4. The van der Waals surface area contributed by atoms with Gasteiger partial charge in [0.05, 0.1) is 6.42 Å². The minimum atomic E-state index is -0.833. The van der Waals surface area contributed by atoms with Crippen molar-refractivity contribution in [3.05, 3.63) is 35.4 Å². The molecule has 0 fully saturated rings. The second kappa shape index (κ2) is 4.74. The maximum absolute atomic E-state index is 10.4. The smallest absolute Gasteiger partial charge is 0.307 e. The molecule has 1 aromatic rings. The number of nitrogens with two attached hydrogens (primary N) is 2. The van der Waals surface area contributed by atoms with E-state index in [4.69, 9.17) is 16.6 Å². The highest BCUT2D eigenvalue weighted by Gasteiger charge is 2.04. The number of aliphatic carboxylic acids is 1. The van der Waals surface area contributed by atoms with Gasteiger partial charge in [0.1, 0.15) is 0 Å². The standard InChI is InChI=1S/C10H14N2O2/c11-6-9(12)8-3-1-7(2-4-8)5-10(13)14/h1-4,9H,5-6,11-12H2,(H,13,14)/t9-/m0/s1. The molecule has 5 N–H and O–H groups in total. The van der Waals surface area contributed by atoms with Gasteiger partial charge in [-0.3, -0.25) is 4.79 Å². The van der Waals surface area contributed by atoms with Gasteiger partial charge < -0.3 is 16.6 Å². The Morgan fingerprint density at radius 2 is 1.93 bits per heavy atom. The van der Waals surface area contributed by atoms with E-state index in [0.29, 0.717) is 6.54 Å². The van der Waals surface area contributed by atoms with Crippen LogP contribution in [0.3, 0.4) is 0 Å². The van der Waals surface area contributed by atoms with Crippen molar-refractivity contribution in [1.82, 2.24) is 0 Å². The van der Waals surface area contributed by atoms with Crippen molar-refractivity contribution in [2.75, 3.05) is 6.54 Å². The molecular formula is C10H14N2O2. The first-order valence-corrected chi connectivity index (χ1v) is 4.39. The lowest BCUT2D eigenvalue weighted by Gasteiger charge is -2.08. The van der Waals surface area contributed by atoms with E-state index in [2.05, 4.69) is 0 Å². The quantitative estimate of drug-likeness (QED) is 0.642. The Morgan fingerprint density at radius 3 is 2.36 bits per heavy atom. The number of carboxylic acid groups (broad SMARTS) is 1. The lowest BCUT2D eigenvalue weighted by molar-refractivity contribution is -0.136. The van der Waals surface area contributed by atoms with Crippen LogP contribution in [0, 0.1) is 0 Å². The van der Waals surface area contributed by atoms with Gasteiger partial charge in [-0.05, 0) is 11.1 Å². The molecule has 0 amide bonds. The predicted molar refractivity (Wildman–Crippen MR) is 53.8 cm³/mol. The van der Waals surface area contributed by atoms with Crippen molar-refractivity contribution in [3.8, 4) is 0 Å². The van der Waals surface area contributed by atoms with Gasteiger partial charge in [0.15, 0.2) is 0 Å². The molecule has 4 heteroatoms. The average molecular weight is 194 g/mol. The summed E-state index contributed by atoms with van der Waals surface area (Å²) < 4.78 is 0. The molecule has 14 heavy (non-hydrogen) atoms. The molecule has 0 saturated heterocycles. The molecule has 0 heterocycles. The predicted octanol–water partition coefficient (Wildman–Crippen LogP) is 0.272. The summed E-state index contributed by atoms with van der Waals surface area (Å²) in [6.45, 7) is 0.387. The zero-order chi connectivity index (χ0) is 10.6. The zero-order valence-corrected chi connectivity index (χ0v) is 7.81. The number of hydrogen-bond acceptors (Lipinski definition) is 3. The number of rotatable bonds is 4. The minimum absolute atomic E-state index is 0.0398. The summed E-state index contributed by atoms with van der Waals surface area (Å²) in [5.41, 5.74) is 12.8. The fraction of sp³-hybridized carbons (Fsp3) is 0.300. The van der Waals surface area contributed by atoms with Crippen molar-refractivity contribution in [1.29, 1.82) is 0 Å². The second-order valence-corrected chi connectivity index (χ2v) is 3.15. The van der Waals surface area contributed by atoms with E-state index in [-0.39, 0.29) is 12.5 Å².